The number of amides is 2. The smallest absolute Gasteiger partial charge is 0.251 e. The van der Waals surface area contributed by atoms with Gasteiger partial charge in [0.1, 0.15) is 18.2 Å². The Morgan fingerprint density at radius 2 is 2.00 bits per heavy atom. The Hall–Kier alpha value is -3.00. The van der Waals surface area contributed by atoms with Crippen LogP contribution in [0.2, 0.25) is 0 Å². The summed E-state index contributed by atoms with van der Waals surface area (Å²) < 4.78 is 6.96. The van der Waals surface area contributed by atoms with Crippen molar-refractivity contribution < 1.29 is 19.1 Å². The van der Waals surface area contributed by atoms with Gasteiger partial charge in [0, 0.05) is 25.0 Å². The highest BCUT2D eigenvalue weighted by atomic mass is 16.5. The molecule has 0 radical (unpaired) electrons. The number of ether oxygens (including phenoxy) is 1. The zero-order valence-corrected chi connectivity index (χ0v) is 17.8. The quantitative estimate of drug-likeness (QED) is 0.749. The molecular formula is C22H28N4O4. The Morgan fingerprint density at radius 1 is 1.30 bits per heavy atom. The lowest BCUT2D eigenvalue weighted by atomic mass is 9.95. The summed E-state index contributed by atoms with van der Waals surface area (Å²) >= 11 is 0. The molecule has 3 rings (SSSR count). The maximum atomic E-state index is 13.2. The molecule has 1 aliphatic rings. The van der Waals surface area contributed by atoms with Crippen LogP contribution >= 0.6 is 0 Å². The molecule has 0 aliphatic carbocycles. The van der Waals surface area contributed by atoms with E-state index in [2.05, 4.69) is 10.4 Å². The van der Waals surface area contributed by atoms with Crippen molar-refractivity contribution in [1.29, 1.82) is 0 Å². The predicted octanol–water partition coefficient (Wildman–Crippen LogP) is 1.83. The number of Topliss-reactive ketones (excluding diaryl/α,β-unsaturated/α-hetero) is 1. The molecule has 2 aromatic rings. The second kappa shape index (κ2) is 8.79. The number of carbonyl (C=O) groups is 3. The van der Waals surface area contributed by atoms with E-state index in [-0.39, 0.29) is 36.7 Å². The van der Waals surface area contributed by atoms with Crippen LogP contribution in [0.15, 0.2) is 42.7 Å². The van der Waals surface area contributed by atoms with Crippen molar-refractivity contribution in [3.63, 3.8) is 0 Å². The van der Waals surface area contributed by atoms with Gasteiger partial charge in [0.05, 0.1) is 12.3 Å². The van der Waals surface area contributed by atoms with Gasteiger partial charge in [-0.1, -0.05) is 13.8 Å². The van der Waals surface area contributed by atoms with Crippen molar-refractivity contribution in [2.45, 2.75) is 38.8 Å². The number of hydrogen-bond acceptors (Lipinski definition) is 5. The zero-order valence-electron chi connectivity index (χ0n) is 17.8. The summed E-state index contributed by atoms with van der Waals surface area (Å²) in [6.07, 6.45) is 3.96. The van der Waals surface area contributed by atoms with Gasteiger partial charge in [-0.2, -0.15) is 5.10 Å². The maximum absolute atomic E-state index is 13.2. The van der Waals surface area contributed by atoms with Crippen LogP contribution in [-0.2, 0) is 14.3 Å². The zero-order chi connectivity index (χ0) is 21.9. The van der Waals surface area contributed by atoms with E-state index in [0.29, 0.717) is 12.0 Å². The highest BCUT2D eigenvalue weighted by molar-refractivity contribution is 5.99. The van der Waals surface area contributed by atoms with Crippen molar-refractivity contribution in [3.8, 4) is 5.69 Å². The number of aromatic nitrogens is 2. The van der Waals surface area contributed by atoms with E-state index in [0.717, 1.165) is 5.69 Å². The van der Waals surface area contributed by atoms with Crippen LogP contribution in [0.25, 0.3) is 5.69 Å². The second-order valence-electron chi connectivity index (χ2n) is 8.24. The lowest BCUT2D eigenvalue weighted by Gasteiger charge is -2.35. The van der Waals surface area contributed by atoms with Gasteiger partial charge in [-0.05, 0) is 49.6 Å². The third-order valence-corrected chi connectivity index (χ3v) is 5.50. The average Bonchev–Trinajstić information content (AvgIpc) is 3.37. The molecule has 0 spiro atoms. The Bertz CT molecular complexity index is 908. The Labute approximate surface area is 176 Å². The van der Waals surface area contributed by atoms with Gasteiger partial charge in [-0.25, -0.2) is 4.68 Å². The van der Waals surface area contributed by atoms with Gasteiger partial charge < -0.3 is 15.0 Å². The largest absolute Gasteiger partial charge is 0.371 e. The minimum absolute atomic E-state index is 0.00206. The van der Waals surface area contributed by atoms with Gasteiger partial charge in [-0.3, -0.25) is 14.4 Å². The fourth-order valence-corrected chi connectivity index (χ4v) is 3.46. The summed E-state index contributed by atoms with van der Waals surface area (Å²) in [5.41, 5.74) is 0.267. The Morgan fingerprint density at radius 3 is 2.53 bits per heavy atom. The molecule has 8 nitrogen and oxygen atoms in total. The molecule has 1 aliphatic heterocycles. The van der Waals surface area contributed by atoms with Crippen LogP contribution in [0.1, 0.15) is 37.6 Å². The van der Waals surface area contributed by atoms with Crippen LogP contribution in [0, 0.1) is 5.92 Å². The molecular weight excluding hydrogens is 384 g/mol. The summed E-state index contributed by atoms with van der Waals surface area (Å²) in [7, 11) is 1.59. The Kier molecular flexibility index (Phi) is 6.36. The van der Waals surface area contributed by atoms with Gasteiger partial charge in [-0.15, -0.1) is 0 Å². The van der Waals surface area contributed by atoms with Gasteiger partial charge in [0.15, 0.2) is 5.78 Å². The average molecular weight is 412 g/mol. The summed E-state index contributed by atoms with van der Waals surface area (Å²) in [6.45, 7) is 5.82. The minimum atomic E-state index is -1.01. The number of hydrogen-bond donors (Lipinski definition) is 1. The van der Waals surface area contributed by atoms with Crippen LogP contribution in [0.3, 0.4) is 0 Å². The van der Waals surface area contributed by atoms with Crippen molar-refractivity contribution in [3.05, 3.63) is 48.3 Å². The third-order valence-electron chi connectivity index (χ3n) is 5.50. The van der Waals surface area contributed by atoms with Crippen LogP contribution in [0.5, 0.6) is 0 Å². The molecule has 160 valence electrons. The molecule has 2 unspecified atom stereocenters. The monoisotopic (exact) mass is 412 g/mol. The van der Waals surface area contributed by atoms with E-state index >= 15 is 0 Å². The fourth-order valence-electron chi connectivity index (χ4n) is 3.46. The molecule has 1 aromatic heterocycles. The molecule has 0 bridgehead atoms. The summed E-state index contributed by atoms with van der Waals surface area (Å²) in [5, 5.41) is 7.01. The highest BCUT2D eigenvalue weighted by Crippen LogP contribution is 2.23. The fraction of sp³-hybridized carbons (Fsp3) is 0.455. The number of carbonyl (C=O) groups excluding carboxylic acids is 3. The highest BCUT2D eigenvalue weighted by Gasteiger charge is 2.45. The van der Waals surface area contributed by atoms with Crippen LogP contribution in [0.4, 0.5) is 0 Å². The van der Waals surface area contributed by atoms with Crippen LogP contribution < -0.4 is 5.32 Å². The lowest BCUT2D eigenvalue weighted by Crippen LogP contribution is -2.58. The number of benzene rings is 1. The van der Waals surface area contributed by atoms with Gasteiger partial charge in [0.25, 0.3) is 5.91 Å². The van der Waals surface area contributed by atoms with E-state index in [1.54, 1.807) is 49.1 Å². The lowest BCUT2D eigenvalue weighted by molar-refractivity contribution is -0.143. The van der Waals surface area contributed by atoms with Crippen LogP contribution in [-0.4, -0.2) is 64.1 Å². The first kappa shape index (κ1) is 21.7. The second-order valence-corrected chi connectivity index (χ2v) is 8.24. The predicted molar refractivity (Wildman–Crippen MR) is 111 cm³/mol. The van der Waals surface area contributed by atoms with E-state index in [1.165, 1.54) is 4.90 Å². The first-order valence-corrected chi connectivity index (χ1v) is 10.0. The molecule has 2 amide bonds. The topological polar surface area (TPSA) is 93.5 Å². The molecule has 1 saturated heterocycles. The SMILES string of the molecule is CC(C)CC(NC(=O)c1ccc(-n2cccn2)cc1)C(=O)N(C)C1(C)COCC1=O. The van der Waals surface area contributed by atoms with Gasteiger partial charge in [0.2, 0.25) is 5.91 Å². The maximum Gasteiger partial charge on any atom is 0.251 e. The molecule has 1 fully saturated rings. The molecule has 8 heteroatoms. The molecule has 2 atom stereocenters. The number of likely N-dealkylation sites (N-methyl/N-ethyl adjacent to an activating group) is 1. The van der Waals surface area contributed by atoms with E-state index < -0.39 is 11.6 Å². The molecule has 1 N–H and O–H groups in total. The van der Waals surface area contributed by atoms with Crippen molar-refractivity contribution in [2.24, 2.45) is 5.92 Å². The number of nitrogens with one attached hydrogen (secondary N) is 1. The number of nitrogens with zero attached hydrogens (tertiary/aromatic N) is 3. The molecule has 0 saturated carbocycles. The standard InChI is InChI=1S/C22H28N4O4/c1-15(2)12-18(21(29)25(4)22(3)14-30-13-19(22)27)24-20(28)16-6-8-17(9-7-16)26-11-5-10-23-26/h5-11,15,18H,12-14H2,1-4H3,(H,24,28). The first-order valence-electron chi connectivity index (χ1n) is 10.0. The first-order chi connectivity index (χ1) is 14.2. The minimum Gasteiger partial charge on any atom is -0.371 e. The summed E-state index contributed by atoms with van der Waals surface area (Å²) in [6, 6.07) is 8.06. The van der Waals surface area contributed by atoms with Crippen molar-refractivity contribution in [2.75, 3.05) is 20.3 Å². The van der Waals surface area contributed by atoms with Crippen molar-refractivity contribution >= 4 is 17.6 Å². The normalized spacial score (nSPS) is 19.7. The molecule has 2 heterocycles. The third kappa shape index (κ3) is 4.43. The molecule has 30 heavy (non-hydrogen) atoms. The molecule has 1 aromatic carbocycles. The Balaban J connectivity index is 1.74. The number of ketones is 1. The summed E-state index contributed by atoms with van der Waals surface area (Å²) in [5.74, 6) is -0.597. The van der Waals surface area contributed by atoms with E-state index in [4.69, 9.17) is 4.74 Å². The van der Waals surface area contributed by atoms with E-state index in [1.807, 2.05) is 26.1 Å². The van der Waals surface area contributed by atoms with Crippen molar-refractivity contribution in [1.82, 2.24) is 20.0 Å². The van der Waals surface area contributed by atoms with E-state index in [9.17, 15) is 14.4 Å². The number of rotatable bonds is 7. The van der Waals surface area contributed by atoms with Gasteiger partial charge >= 0.3 is 0 Å². The summed E-state index contributed by atoms with van der Waals surface area (Å²) in [4.78, 5) is 39.7.